The van der Waals surface area contributed by atoms with Crippen molar-refractivity contribution in [1.29, 1.82) is 0 Å². The van der Waals surface area contributed by atoms with Crippen molar-refractivity contribution in [1.82, 2.24) is 9.21 Å². The van der Waals surface area contributed by atoms with Crippen LogP contribution < -0.4 is 4.90 Å². The minimum Gasteiger partial charge on any atom is -0.368 e. The van der Waals surface area contributed by atoms with Crippen LogP contribution in [0.15, 0.2) is 47.4 Å². The molecule has 0 saturated carbocycles. The number of piperazine rings is 1. The summed E-state index contributed by atoms with van der Waals surface area (Å²) in [5, 5.41) is 0. The van der Waals surface area contributed by atoms with Gasteiger partial charge in [-0.1, -0.05) is 26.0 Å². The van der Waals surface area contributed by atoms with E-state index in [0.29, 0.717) is 56.1 Å². The highest BCUT2D eigenvalue weighted by atomic mass is 32.2. The number of hydrogen-bond donors (Lipinski definition) is 0. The third-order valence-electron chi connectivity index (χ3n) is 5.89. The van der Waals surface area contributed by atoms with Crippen molar-refractivity contribution in [3.8, 4) is 0 Å². The molecule has 1 aliphatic rings. The van der Waals surface area contributed by atoms with Crippen molar-refractivity contribution in [3.63, 3.8) is 0 Å². The second kappa shape index (κ2) is 9.72. The predicted molar refractivity (Wildman–Crippen MR) is 121 cm³/mol. The van der Waals surface area contributed by atoms with Crippen LogP contribution in [0.3, 0.4) is 0 Å². The van der Waals surface area contributed by atoms with Gasteiger partial charge in [-0.2, -0.15) is 17.5 Å². The molecular formula is C23H28F3N3O3S. The molecule has 0 N–H and O–H groups in total. The van der Waals surface area contributed by atoms with E-state index in [-0.39, 0.29) is 10.8 Å². The number of anilines is 1. The molecular weight excluding hydrogens is 455 g/mol. The average Bonchev–Trinajstić information content (AvgIpc) is 2.79. The number of carbonyl (C=O) groups excluding carboxylic acids is 1. The third-order valence-corrected chi connectivity index (χ3v) is 7.93. The Hall–Kier alpha value is -2.59. The zero-order chi connectivity index (χ0) is 24.4. The van der Waals surface area contributed by atoms with Crippen molar-refractivity contribution in [2.24, 2.45) is 0 Å². The fourth-order valence-corrected chi connectivity index (χ4v) is 5.41. The number of benzene rings is 2. The standard InChI is InChI=1S/C23H28F3N3O3S/c1-4-29(5-2)33(31,32)20-10-9-17(3)21(16-20)22(30)28-13-11-27(12-14-28)19-8-6-7-18(15-19)23(24,25)26/h6-10,15-16H,4-5,11-14H2,1-3H3. The molecule has 6 nitrogen and oxygen atoms in total. The second-order valence-electron chi connectivity index (χ2n) is 7.89. The van der Waals surface area contributed by atoms with Gasteiger partial charge in [0.25, 0.3) is 5.91 Å². The molecule has 1 heterocycles. The van der Waals surface area contributed by atoms with E-state index in [0.717, 1.165) is 12.1 Å². The fourth-order valence-electron chi connectivity index (χ4n) is 3.92. The van der Waals surface area contributed by atoms with Crippen LogP contribution in [-0.4, -0.2) is 62.8 Å². The van der Waals surface area contributed by atoms with Crippen LogP contribution in [0, 0.1) is 6.92 Å². The number of alkyl halides is 3. The van der Waals surface area contributed by atoms with E-state index in [1.54, 1.807) is 37.8 Å². The molecule has 1 fully saturated rings. The molecule has 1 amide bonds. The molecule has 0 aliphatic carbocycles. The van der Waals surface area contributed by atoms with Gasteiger partial charge in [-0.15, -0.1) is 0 Å². The smallest absolute Gasteiger partial charge is 0.368 e. The molecule has 10 heteroatoms. The Morgan fingerprint density at radius 1 is 1.00 bits per heavy atom. The van der Waals surface area contributed by atoms with Gasteiger partial charge >= 0.3 is 6.18 Å². The minimum absolute atomic E-state index is 0.0720. The molecule has 1 aliphatic heterocycles. The lowest BCUT2D eigenvalue weighted by Gasteiger charge is -2.36. The highest BCUT2D eigenvalue weighted by Gasteiger charge is 2.32. The number of sulfonamides is 1. The summed E-state index contributed by atoms with van der Waals surface area (Å²) >= 11 is 0. The molecule has 3 rings (SSSR count). The average molecular weight is 484 g/mol. The highest BCUT2D eigenvalue weighted by molar-refractivity contribution is 7.89. The number of halogens is 3. The number of hydrogen-bond acceptors (Lipinski definition) is 4. The molecule has 180 valence electrons. The minimum atomic E-state index is -4.41. The fraction of sp³-hybridized carbons (Fsp3) is 0.435. The maximum absolute atomic E-state index is 13.2. The lowest BCUT2D eigenvalue weighted by atomic mass is 10.1. The van der Waals surface area contributed by atoms with Crippen LogP contribution in [0.2, 0.25) is 0 Å². The molecule has 1 saturated heterocycles. The maximum Gasteiger partial charge on any atom is 0.416 e. The normalized spacial score (nSPS) is 15.2. The summed E-state index contributed by atoms with van der Waals surface area (Å²) in [6.45, 7) is 7.31. The van der Waals surface area contributed by atoms with Crippen molar-refractivity contribution < 1.29 is 26.4 Å². The SMILES string of the molecule is CCN(CC)S(=O)(=O)c1ccc(C)c(C(=O)N2CCN(c3cccc(C(F)(F)F)c3)CC2)c1. The second-order valence-corrected chi connectivity index (χ2v) is 9.83. The molecule has 0 spiro atoms. The van der Waals surface area contributed by atoms with E-state index in [4.69, 9.17) is 0 Å². The van der Waals surface area contributed by atoms with E-state index in [9.17, 15) is 26.4 Å². The summed E-state index contributed by atoms with van der Waals surface area (Å²) in [6, 6.07) is 9.70. The Balaban J connectivity index is 1.76. The van der Waals surface area contributed by atoms with Crippen LogP contribution in [0.1, 0.15) is 35.3 Å². The first-order chi connectivity index (χ1) is 15.5. The molecule has 0 unspecified atom stereocenters. The van der Waals surface area contributed by atoms with Gasteiger partial charge in [0.15, 0.2) is 0 Å². The van der Waals surface area contributed by atoms with Gasteiger partial charge in [-0.3, -0.25) is 4.79 Å². The number of carbonyl (C=O) groups is 1. The number of rotatable bonds is 6. The molecule has 33 heavy (non-hydrogen) atoms. The topological polar surface area (TPSA) is 60.9 Å². The van der Waals surface area contributed by atoms with Gasteiger partial charge in [0.2, 0.25) is 10.0 Å². The third kappa shape index (κ3) is 5.33. The van der Waals surface area contributed by atoms with E-state index in [1.165, 1.54) is 22.5 Å². The monoisotopic (exact) mass is 483 g/mol. The molecule has 2 aromatic carbocycles. The summed E-state index contributed by atoms with van der Waals surface area (Å²) in [5.41, 5.74) is 0.732. The Morgan fingerprint density at radius 3 is 2.21 bits per heavy atom. The van der Waals surface area contributed by atoms with E-state index >= 15 is 0 Å². The predicted octanol–water partition coefficient (Wildman–Crippen LogP) is 4.01. The summed E-state index contributed by atoms with van der Waals surface area (Å²) in [4.78, 5) is 16.7. The van der Waals surface area contributed by atoms with Crippen molar-refractivity contribution in [2.45, 2.75) is 31.8 Å². The molecule has 0 radical (unpaired) electrons. The van der Waals surface area contributed by atoms with Crippen LogP contribution in [0.25, 0.3) is 0 Å². The molecule has 2 aromatic rings. The van der Waals surface area contributed by atoms with Gasteiger partial charge in [-0.05, 0) is 42.8 Å². The Labute approximate surface area is 192 Å². The summed E-state index contributed by atoms with van der Waals surface area (Å²) in [7, 11) is -3.70. The van der Waals surface area contributed by atoms with Gasteiger partial charge < -0.3 is 9.80 Å². The quantitative estimate of drug-likeness (QED) is 0.623. The molecule has 0 atom stereocenters. The Bertz CT molecular complexity index is 1110. The van der Waals surface area contributed by atoms with Crippen LogP contribution in [0.4, 0.5) is 18.9 Å². The first kappa shape index (κ1) is 25.0. The lowest BCUT2D eigenvalue weighted by Crippen LogP contribution is -2.49. The van der Waals surface area contributed by atoms with Gasteiger partial charge in [0.05, 0.1) is 10.5 Å². The Morgan fingerprint density at radius 2 is 1.64 bits per heavy atom. The largest absolute Gasteiger partial charge is 0.416 e. The molecule has 0 aromatic heterocycles. The zero-order valence-electron chi connectivity index (χ0n) is 18.9. The van der Waals surface area contributed by atoms with Crippen LogP contribution >= 0.6 is 0 Å². The summed E-state index contributed by atoms with van der Waals surface area (Å²) in [6.07, 6.45) is -4.41. The molecule has 0 bridgehead atoms. The van der Waals surface area contributed by atoms with Crippen molar-refractivity contribution >= 4 is 21.6 Å². The number of amides is 1. The van der Waals surface area contributed by atoms with E-state index in [1.807, 2.05) is 4.90 Å². The van der Waals surface area contributed by atoms with Crippen molar-refractivity contribution in [2.75, 3.05) is 44.2 Å². The first-order valence-electron chi connectivity index (χ1n) is 10.8. The number of aryl methyl sites for hydroxylation is 1. The summed E-state index contributed by atoms with van der Waals surface area (Å²) in [5.74, 6) is -0.284. The lowest BCUT2D eigenvalue weighted by molar-refractivity contribution is -0.137. The van der Waals surface area contributed by atoms with E-state index in [2.05, 4.69) is 0 Å². The Kier molecular flexibility index (Phi) is 7.38. The van der Waals surface area contributed by atoms with E-state index < -0.39 is 21.8 Å². The van der Waals surface area contributed by atoms with Gasteiger partial charge in [0.1, 0.15) is 0 Å². The van der Waals surface area contributed by atoms with Gasteiger partial charge in [0, 0.05) is 50.5 Å². The first-order valence-corrected chi connectivity index (χ1v) is 12.2. The summed E-state index contributed by atoms with van der Waals surface area (Å²) < 4.78 is 66.1. The van der Waals surface area contributed by atoms with Crippen LogP contribution in [-0.2, 0) is 16.2 Å². The maximum atomic E-state index is 13.2. The number of nitrogens with zero attached hydrogens (tertiary/aromatic N) is 3. The van der Waals surface area contributed by atoms with Crippen LogP contribution in [0.5, 0.6) is 0 Å². The highest BCUT2D eigenvalue weighted by Crippen LogP contribution is 2.32. The van der Waals surface area contributed by atoms with Gasteiger partial charge in [-0.25, -0.2) is 8.42 Å². The van der Waals surface area contributed by atoms with Crippen molar-refractivity contribution in [3.05, 3.63) is 59.2 Å². The zero-order valence-corrected chi connectivity index (χ0v) is 19.7.